The van der Waals surface area contributed by atoms with Gasteiger partial charge in [0.05, 0.1) is 6.54 Å². The van der Waals surface area contributed by atoms with E-state index in [2.05, 4.69) is 25.8 Å². The van der Waals surface area contributed by atoms with Gasteiger partial charge in [-0.1, -0.05) is 0 Å². The smallest absolute Gasteiger partial charge is 0.191 e. The monoisotopic (exact) mass is 378 g/mol. The molecule has 2 rings (SSSR count). The Hall–Kier alpha value is -2.39. The standard InChI is InChI=1S/C18H30N6O3/c1-13-7-8-15(27-13)18(3,25)12-21-17(19-9-6-10-26-5)20-11-16-23-22-14(2)24(16)4/h7-8,25H,6,9-12H2,1-5H3,(H2,19,20,21). The Morgan fingerprint density at radius 1 is 1.33 bits per heavy atom. The van der Waals surface area contributed by atoms with Crippen LogP contribution < -0.4 is 10.6 Å². The van der Waals surface area contributed by atoms with Gasteiger partial charge >= 0.3 is 0 Å². The van der Waals surface area contributed by atoms with E-state index in [4.69, 9.17) is 9.15 Å². The van der Waals surface area contributed by atoms with E-state index in [-0.39, 0.29) is 6.54 Å². The first-order valence-corrected chi connectivity index (χ1v) is 8.99. The molecular weight excluding hydrogens is 348 g/mol. The molecule has 9 nitrogen and oxygen atoms in total. The van der Waals surface area contributed by atoms with Crippen LogP contribution in [-0.2, 0) is 23.9 Å². The van der Waals surface area contributed by atoms with Crippen LogP contribution in [0.25, 0.3) is 0 Å². The van der Waals surface area contributed by atoms with Gasteiger partial charge in [0.2, 0.25) is 0 Å². The van der Waals surface area contributed by atoms with Gasteiger partial charge in [-0.05, 0) is 39.3 Å². The Morgan fingerprint density at radius 2 is 2.11 bits per heavy atom. The van der Waals surface area contributed by atoms with Crippen molar-refractivity contribution in [2.24, 2.45) is 12.0 Å². The Labute approximate surface area is 159 Å². The number of nitrogens with one attached hydrogen (secondary N) is 2. The summed E-state index contributed by atoms with van der Waals surface area (Å²) in [5.74, 6) is 3.44. The first kappa shape index (κ1) is 20.9. The number of rotatable bonds is 9. The van der Waals surface area contributed by atoms with Gasteiger partial charge in [-0.15, -0.1) is 10.2 Å². The van der Waals surface area contributed by atoms with Crippen molar-refractivity contribution in [3.05, 3.63) is 35.3 Å². The van der Waals surface area contributed by atoms with Gasteiger partial charge in [-0.2, -0.15) is 0 Å². The zero-order chi connectivity index (χ0) is 19.9. The first-order valence-electron chi connectivity index (χ1n) is 8.99. The third kappa shape index (κ3) is 6.07. The summed E-state index contributed by atoms with van der Waals surface area (Å²) in [5, 5.41) is 25.3. The molecular formula is C18H30N6O3. The van der Waals surface area contributed by atoms with Crippen LogP contribution in [0.4, 0.5) is 0 Å². The Bertz CT molecular complexity index is 750. The predicted octanol–water partition coefficient (Wildman–Crippen LogP) is 1.00. The zero-order valence-corrected chi connectivity index (χ0v) is 16.7. The second kappa shape index (κ2) is 9.52. The number of nitrogens with zero attached hydrogens (tertiary/aromatic N) is 4. The molecule has 0 bridgehead atoms. The number of aliphatic imine (C=N–C) groups is 1. The first-order chi connectivity index (χ1) is 12.8. The van der Waals surface area contributed by atoms with E-state index in [0.717, 1.165) is 23.8 Å². The van der Waals surface area contributed by atoms with E-state index in [1.54, 1.807) is 20.1 Å². The molecule has 2 aromatic rings. The molecule has 27 heavy (non-hydrogen) atoms. The molecule has 0 radical (unpaired) electrons. The maximum Gasteiger partial charge on any atom is 0.191 e. The highest BCUT2D eigenvalue weighted by molar-refractivity contribution is 5.79. The molecule has 9 heteroatoms. The molecule has 0 aliphatic rings. The second-order valence-electron chi connectivity index (χ2n) is 6.70. The number of aryl methyl sites for hydroxylation is 2. The summed E-state index contributed by atoms with van der Waals surface area (Å²) in [4.78, 5) is 4.56. The summed E-state index contributed by atoms with van der Waals surface area (Å²) < 4.78 is 12.5. The number of hydrogen-bond donors (Lipinski definition) is 3. The topological polar surface area (TPSA) is 110 Å². The van der Waals surface area contributed by atoms with E-state index < -0.39 is 5.60 Å². The summed E-state index contributed by atoms with van der Waals surface area (Å²) in [7, 11) is 3.58. The number of aliphatic hydroxyl groups is 1. The Balaban J connectivity index is 2.02. The van der Waals surface area contributed by atoms with Crippen LogP contribution in [0.2, 0.25) is 0 Å². The van der Waals surface area contributed by atoms with Crippen LogP contribution in [0.5, 0.6) is 0 Å². The maximum absolute atomic E-state index is 10.7. The number of hydrogen-bond acceptors (Lipinski definition) is 6. The molecule has 2 heterocycles. The van der Waals surface area contributed by atoms with Gasteiger partial charge in [0.25, 0.3) is 0 Å². The molecule has 0 saturated carbocycles. The predicted molar refractivity (Wildman–Crippen MR) is 102 cm³/mol. The Morgan fingerprint density at radius 3 is 2.70 bits per heavy atom. The van der Waals surface area contributed by atoms with Crippen molar-refractivity contribution in [1.29, 1.82) is 0 Å². The van der Waals surface area contributed by atoms with Crippen molar-refractivity contribution in [2.45, 2.75) is 39.3 Å². The fraction of sp³-hybridized carbons (Fsp3) is 0.611. The number of furan rings is 1. The lowest BCUT2D eigenvalue weighted by Gasteiger charge is -2.23. The molecule has 0 aromatic carbocycles. The Kier molecular flexibility index (Phi) is 7.37. The number of methoxy groups -OCH3 is 1. The number of aromatic nitrogens is 3. The highest BCUT2D eigenvalue weighted by Gasteiger charge is 2.27. The number of guanidine groups is 1. The molecule has 0 aliphatic heterocycles. The van der Waals surface area contributed by atoms with Crippen LogP contribution in [-0.4, -0.2) is 52.6 Å². The van der Waals surface area contributed by atoms with E-state index in [1.807, 2.05) is 31.5 Å². The molecule has 2 aromatic heterocycles. The van der Waals surface area contributed by atoms with Crippen molar-refractivity contribution in [3.63, 3.8) is 0 Å². The molecule has 0 saturated heterocycles. The van der Waals surface area contributed by atoms with Crippen molar-refractivity contribution in [2.75, 3.05) is 26.8 Å². The summed E-state index contributed by atoms with van der Waals surface area (Å²) in [6.07, 6.45) is 0.841. The second-order valence-corrected chi connectivity index (χ2v) is 6.70. The van der Waals surface area contributed by atoms with Crippen molar-refractivity contribution >= 4 is 5.96 Å². The summed E-state index contributed by atoms with van der Waals surface area (Å²) in [6.45, 7) is 7.41. The van der Waals surface area contributed by atoms with E-state index >= 15 is 0 Å². The van der Waals surface area contributed by atoms with E-state index in [9.17, 15) is 5.11 Å². The van der Waals surface area contributed by atoms with Gasteiger partial charge in [0.15, 0.2) is 11.8 Å². The molecule has 3 N–H and O–H groups in total. The van der Waals surface area contributed by atoms with Crippen molar-refractivity contribution in [1.82, 2.24) is 25.4 Å². The van der Waals surface area contributed by atoms with Gasteiger partial charge in [-0.3, -0.25) is 0 Å². The molecule has 1 unspecified atom stereocenters. The zero-order valence-electron chi connectivity index (χ0n) is 16.7. The van der Waals surface area contributed by atoms with Crippen LogP contribution >= 0.6 is 0 Å². The highest BCUT2D eigenvalue weighted by atomic mass is 16.5. The SMILES string of the molecule is COCCCNC(=NCc1nnc(C)n1C)NCC(C)(O)c1ccc(C)o1. The molecule has 150 valence electrons. The lowest BCUT2D eigenvalue weighted by Crippen LogP contribution is -2.45. The third-order valence-corrected chi connectivity index (χ3v) is 4.25. The minimum atomic E-state index is -1.16. The highest BCUT2D eigenvalue weighted by Crippen LogP contribution is 2.21. The third-order valence-electron chi connectivity index (χ3n) is 4.25. The molecule has 0 amide bonds. The summed E-state index contributed by atoms with van der Waals surface area (Å²) in [6, 6.07) is 3.61. The van der Waals surface area contributed by atoms with Gasteiger partial charge in [0.1, 0.15) is 29.5 Å². The van der Waals surface area contributed by atoms with Crippen LogP contribution in [0.1, 0.15) is 36.5 Å². The van der Waals surface area contributed by atoms with Crippen LogP contribution in [0.3, 0.4) is 0 Å². The fourth-order valence-electron chi connectivity index (χ4n) is 2.40. The number of ether oxygens (including phenoxy) is 1. The molecule has 0 fully saturated rings. The van der Waals surface area contributed by atoms with Crippen molar-refractivity contribution < 1.29 is 14.3 Å². The lowest BCUT2D eigenvalue weighted by molar-refractivity contribution is 0.0377. The van der Waals surface area contributed by atoms with E-state index in [0.29, 0.717) is 31.4 Å². The quantitative estimate of drug-likeness (QED) is 0.339. The average Bonchev–Trinajstić information content (AvgIpc) is 3.21. The average molecular weight is 378 g/mol. The van der Waals surface area contributed by atoms with Crippen LogP contribution in [0, 0.1) is 13.8 Å². The maximum atomic E-state index is 10.7. The minimum absolute atomic E-state index is 0.244. The summed E-state index contributed by atoms with van der Waals surface area (Å²) >= 11 is 0. The largest absolute Gasteiger partial charge is 0.463 e. The van der Waals surface area contributed by atoms with Gasteiger partial charge < -0.3 is 29.5 Å². The fourth-order valence-corrected chi connectivity index (χ4v) is 2.40. The summed E-state index contributed by atoms with van der Waals surface area (Å²) in [5.41, 5.74) is -1.16. The molecule has 1 atom stereocenters. The minimum Gasteiger partial charge on any atom is -0.463 e. The van der Waals surface area contributed by atoms with Crippen LogP contribution in [0.15, 0.2) is 21.5 Å². The normalized spacial score (nSPS) is 14.2. The van der Waals surface area contributed by atoms with E-state index in [1.165, 1.54) is 0 Å². The van der Waals surface area contributed by atoms with Gasteiger partial charge in [-0.25, -0.2) is 4.99 Å². The molecule has 0 aliphatic carbocycles. The molecule has 0 spiro atoms. The van der Waals surface area contributed by atoms with Gasteiger partial charge in [0, 0.05) is 27.3 Å². The van der Waals surface area contributed by atoms with Crippen molar-refractivity contribution in [3.8, 4) is 0 Å². The lowest BCUT2D eigenvalue weighted by atomic mass is 10.0.